The van der Waals surface area contributed by atoms with Crippen LogP contribution in [0.5, 0.6) is 0 Å². The Morgan fingerprint density at radius 1 is 0.857 bits per heavy atom. The molecule has 3 aliphatic heterocycles. The number of nitrogens with zero attached hydrogens (tertiary/aromatic N) is 4. The number of anilines is 1. The van der Waals surface area contributed by atoms with Gasteiger partial charge in [0.15, 0.2) is 10.8 Å². The maximum Gasteiger partial charge on any atom is 0.360 e. The highest BCUT2D eigenvalue weighted by atomic mass is 79.9. The summed E-state index contributed by atoms with van der Waals surface area (Å²) in [5.41, 5.74) is 3.76. The van der Waals surface area contributed by atoms with Crippen molar-refractivity contribution in [1.82, 2.24) is 4.98 Å². The number of ether oxygens (including phenoxy) is 2. The second-order valence-electron chi connectivity index (χ2n) is 9.99. The highest BCUT2D eigenvalue weighted by Gasteiger charge is 2.45. The molecule has 1 N–H and O–H groups in total. The van der Waals surface area contributed by atoms with E-state index >= 15 is 0 Å². The van der Waals surface area contributed by atoms with Gasteiger partial charge in [0.2, 0.25) is 5.78 Å². The number of Topliss-reactive ketones (excluding diaryl/α,β-unsaturated/α-hetero) is 1. The zero-order valence-electron chi connectivity index (χ0n) is 22.3. The van der Waals surface area contributed by atoms with E-state index in [1.54, 1.807) is 0 Å². The number of aliphatic hydroxyl groups excluding tert-OH is 1. The maximum absolute atomic E-state index is 14.0. The Balaban J connectivity index is 1.34. The zero-order valence-corrected chi connectivity index (χ0v) is 27.1. The van der Waals surface area contributed by atoms with Crippen LogP contribution in [0, 0.1) is 0 Å². The molecule has 0 spiro atoms. The van der Waals surface area contributed by atoms with Gasteiger partial charge in [0.1, 0.15) is 18.8 Å². The number of aliphatic imine (C=N–C) groups is 1. The summed E-state index contributed by atoms with van der Waals surface area (Å²) >= 11 is 9.89. The Hall–Kier alpha value is -2.61. The third kappa shape index (κ3) is 5.22. The second kappa shape index (κ2) is 11.8. The van der Waals surface area contributed by atoms with Gasteiger partial charge in [-0.05, 0) is 41.4 Å². The largest absolute Gasteiger partial charge is 0.506 e. The van der Waals surface area contributed by atoms with Crippen molar-refractivity contribution in [2.45, 2.75) is 0 Å². The minimum atomic E-state index is -0.196. The Morgan fingerprint density at radius 2 is 1.48 bits per heavy atom. The predicted molar refractivity (Wildman–Crippen MR) is 174 cm³/mol. The van der Waals surface area contributed by atoms with Crippen LogP contribution >= 0.6 is 55.0 Å². The van der Waals surface area contributed by atoms with Crippen LogP contribution < -0.4 is 4.90 Å². The number of ketones is 1. The molecule has 2 fully saturated rings. The number of carbonyl (C=O) groups excluding carboxylic acids is 1. The first-order chi connectivity index (χ1) is 20.5. The summed E-state index contributed by atoms with van der Waals surface area (Å²) in [4.78, 5) is 27.5. The monoisotopic (exact) mass is 727 g/mol. The highest BCUT2D eigenvalue weighted by molar-refractivity contribution is 9.10. The first-order valence-electron chi connectivity index (χ1n) is 13.5. The van der Waals surface area contributed by atoms with Crippen molar-refractivity contribution in [1.29, 1.82) is 0 Å². The quantitative estimate of drug-likeness (QED) is 0.264. The molecule has 4 heterocycles. The predicted octanol–water partition coefficient (Wildman–Crippen LogP) is 5.91. The van der Waals surface area contributed by atoms with E-state index in [-0.39, 0.29) is 11.5 Å². The van der Waals surface area contributed by atoms with Crippen LogP contribution in [0.3, 0.4) is 0 Å². The molecule has 0 radical (unpaired) electrons. The van der Waals surface area contributed by atoms with E-state index in [2.05, 4.69) is 41.3 Å². The summed E-state index contributed by atoms with van der Waals surface area (Å²) in [5, 5.41) is 13.2. The molecule has 0 saturated carbocycles. The van der Waals surface area contributed by atoms with Gasteiger partial charge in [-0.1, -0.05) is 55.3 Å². The Morgan fingerprint density at radius 3 is 2.12 bits per heavy atom. The van der Waals surface area contributed by atoms with E-state index in [0.717, 1.165) is 56.6 Å². The lowest BCUT2D eigenvalue weighted by molar-refractivity contribution is -0.547. The summed E-state index contributed by atoms with van der Waals surface area (Å²) in [7, 11) is 0. The van der Waals surface area contributed by atoms with Crippen molar-refractivity contribution >= 4 is 82.3 Å². The van der Waals surface area contributed by atoms with E-state index in [9.17, 15) is 9.90 Å². The van der Waals surface area contributed by atoms with E-state index < -0.39 is 0 Å². The molecule has 2 saturated heterocycles. The Labute approximate surface area is 267 Å². The summed E-state index contributed by atoms with van der Waals surface area (Å²) in [6, 6.07) is 15.7. The van der Waals surface area contributed by atoms with Crippen molar-refractivity contribution in [2.75, 3.05) is 57.5 Å². The molecular formula is C30H25Br2N4O4S2+. The number of carbonyl (C=O) groups is 1. The van der Waals surface area contributed by atoms with Crippen LogP contribution in [0.4, 0.5) is 5.13 Å². The minimum absolute atomic E-state index is 0.00826. The van der Waals surface area contributed by atoms with Crippen LogP contribution in [0.15, 0.2) is 78.7 Å². The number of allylic oxidation sites excluding steroid dienone is 3. The van der Waals surface area contributed by atoms with Crippen molar-refractivity contribution < 1.29 is 24.0 Å². The van der Waals surface area contributed by atoms with Gasteiger partial charge >= 0.3 is 5.17 Å². The van der Waals surface area contributed by atoms with Gasteiger partial charge < -0.3 is 19.5 Å². The van der Waals surface area contributed by atoms with Gasteiger partial charge in [-0.25, -0.2) is 9.56 Å². The number of thioether (sulfide) groups is 1. The van der Waals surface area contributed by atoms with Gasteiger partial charge in [-0.3, -0.25) is 4.79 Å². The normalized spacial score (nSPS) is 21.2. The standard InChI is InChI=1S/C30H24Br2N4O4S2/c31-19-5-1-17(2-6-19)23-27(41-29(33-23)35-9-13-39-14-10-35)21-25(37)22(26(21)38)28-24(18-3-7-20(32)8-4-18)34-30(42-28)36-11-15-40-16-12-36/h1-8H,9-16H2/p+1. The lowest BCUT2D eigenvalue weighted by Crippen LogP contribution is -2.36. The number of thiazole rings is 1. The van der Waals surface area contributed by atoms with Gasteiger partial charge in [0.25, 0.3) is 0 Å². The van der Waals surface area contributed by atoms with Crippen LogP contribution in [0.1, 0.15) is 10.4 Å². The van der Waals surface area contributed by atoms with Gasteiger partial charge in [0, 0.05) is 44.9 Å². The number of benzene rings is 2. The first-order valence-corrected chi connectivity index (χ1v) is 16.7. The van der Waals surface area contributed by atoms with E-state index in [1.807, 2.05) is 48.5 Å². The number of hydrogen-bond acceptors (Lipinski definition) is 8. The SMILES string of the molecule is O=C1C(c2sc(N3CCOCC3)nc2-c2ccc(Br)cc2)=C(O)/C1=C1/SC(=[N+]2CCOCC2)N=C1c1ccc(Br)cc1. The molecule has 3 aromatic rings. The van der Waals surface area contributed by atoms with Gasteiger partial charge in [0.05, 0.1) is 53.0 Å². The van der Waals surface area contributed by atoms with Gasteiger partial charge in [-0.2, -0.15) is 0 Å². The third-order valence-corrected chi connectivity index (χ3v) is 10.7. The number of morpholine rings is 2. The molecule has 1 aliphatic carbocycles. The van der Waals surface area contributed by atoms with E-state index in [0.29, 0.717) is 58.8 Å². The molecule has 0 amide bonds. The summed E-state index contributed by atoms with van der Waals surface area (Å²) in [6.45, 7) is 5.42. The molecule has 0 unspecified atom stereocenters. The number of aromatic nitrogens is 1. The number of aliphatic hydroxyl groups is 1. The number of rotatable bonds is 4. The molecule has 42 heavy (non-hydrogen) atoms. The lowest BCUT2D eigenvalue weighted by Gasteiger charge is -2.26. The molecule has 2 aromatic carbocycles. The lowest BCUT2D eigenvalue weighted by atomic mass is 9.84. The third-order valence-electron chi connectivity index (χ3n) is 7.41. The topological polar surface area (TPSA) is 87.3 Å². The Bertz CT molecular complexity index is 1700. The van der Waals surface area contributed by atoms with Crippen molar-refractivity contribution in [3.63, 3.8) is 0 Å². The molecule has 4 aliphatic rings. The average molecular weight is 729 g/mol. The molecule has 214 valence electrons. The molecule has 7 rings (SSSR count). The van der Waals surface area contributed by atoms with Crippen LogP contribution in [-0.2, 0) is 14.3 Å². The van der Waals surface area contributed by atoms with Crippen molar-refractivity contribution in [2.24, 2.45) is 4.99 Å². The zero-order chi connectivity index (χ0) is 28.8. The summed E-state index contributed by atoms with van der Waals surface area (Å²) < 4.78 is 15.2. The van der Waals surface area contributed by atoms with Crippen molar-refractivity contribution in [3.8, 4) is 11.3 Å². The average Bonchev–Trinajstić information content (AvgIpc) is 3.64. The maximum atomic E-state index is 14.0. The Kier molecular flexibility index (Phi) is 7.93. The summed E-state index contributed by atoms with van der Waals surface area (Å²) in [6.07, 6.45) is 0. The molecule has 8 nitrogen and oxygen atoms in total. The molecule has 0 bridgehead atoms. The van der Waals surface area contributed by atoms with Gasteiger partial charge in [-0.15, -0.1) is 0 Å². The second-order valence-corrected chi connectivity index (χ2v) is 13.8. The molecule has 12 heteroatoms. The smallest absolute Gasteiger partial charge is 0.360 e. The molecule has 0 atom stereocenters. The van der Waals surface area contributed by atoms with E-state index in [1.165, 1.54) is 23.1 Å². The van der Waals surface area contributed by atoms with Crippen molar-refractivity contribution in [3.05, 3.63) is 84.2 Å². The number of hydrogen-bond donors (Lipinski definition) is 1. The molecule has 1 aromatic heterocycles. The highest BCUT2D eigenvalue weighted by Crippen LogP contribution is 2.49. The first kappa shape index (κ1) is 28.2. The summed E-state index contributed by atoms with van der Waals surface area (Å²) in [5.74, 6) is -0.204. The van der Waals surface area contributed by atoms with Crippen LogP contribution in [-0.4, -0.2) is 83.9 Å². The van der Waals surface area contributed by atoms with Crippen LogP contribution in [0.2, 0.25) is 0 Å². The fraction of sp³-hybridized carbons (Fsp3) is 0.267. The number of halogens is 2. The minimum Gasteiger partial charge on any atom is -0.506 e. The fourth-order valence-electron chi connectivity index (χ4n) is 5.17. The molecular weight excluding hydrogens is 704 g/mol. The van der Waals surface area contributed by atoms with Crippen LogP contribution in [0.25, 0.3) is 16.8 Å². The number of amidine groups is 1. The van der Waals surface area contributed by atoms with E-state index in [4.69, 9.17) is 19.5 Å². The fourth-order valence-corrected chi connectivity index (χ4v) is 8.06.